The number of carboxylic acids is 1. The van der Waals surface area contributed by atoms with Crippen LogP contribution in [-0.2, 0) is 9.53 Å². The highest BCUT2D eigenvalue weighted by Crippen LogP contribution is 2.26. The highest BCUT2D eigenvalue weighted by Gasteiger charge is 2.29. The van der Waals surface area contributed by atoms with Crippen molar-refractivity contribution < 1.29 is 14.6 Å². The maximum Gasteiger partial charge on any atom is 0.375 e. The molecule has 0 spiro atoms. The SMILES string of the molecule is CCCCCCCCCCCC=CC=C/C=C\C1=C(C(=O)O)O1. The molecule has 0 bridgehead atoms. The minimum Gasteiger partial charge on any atom is -0.475 e. The molecule has 0 saturated carbocycles. The highest BCUT2D eigenvalue weighted by atomic mass is 16.6. The van der Waals surface area contributed by atoms with Gasteiger partial charge in [-0.2, -0.15) is 0 Å². The van der Waals surface area contributed by atoms with Gasteiger partial charge in [0.25, 0.3) is 5.76 Å². The first-order valence-corrected chi connectivity index (χ1v) is 8.91. The first-order chi connectivity index (χ1) is 11.3. The van der Waals surface area contributed by atoms with Gasteiger partial charge in [0.2, 0.25) is 0 Å². The van der Waals surface area contributed by atoms with Crippen LogP contribution in [0.25, 0.3) is 0 Å². The molecule has 0 radical (unpaired) electrons. The van der Waals surface area contributed by atoms with Crippen molar-refractivity contribution in [1.29, 1.82) is 0 Å². The van der Waals surface area contributed by atoms with E-state index < -0.39 is 5.97 Å². The van der Waals surface area contributed by atoms with Crippen LogP contribution in [0.5, 0.6) is 0 Å². The largest absolute Gasteiger partial charge is 0.475 e. The van der Waals surface area contributed by atoms with Gasteiger partial charge >= 0.3 is 5.97 Å². The molecule has 0 aliphatic carbocycles. The second-order valence-corrected chi connectivity index (χ2v) is 5.89. The molecule has 1 N–H and O–H groups in total. The van der Waals surface area contributed by atoms with Crippen LogP contribution in [0, 0.1) is 0 Å². The number of allylic oxidation sites excluding steroid dienone is 6. The van der Waals surface area contributed by atoms with Crippen LogP contribution in [0.4, 0.5) is 0 Å². The molecule has 1 heterocycles. The summed E-state index contributed by atoms with van der Waals surface area (Å²) in [4.78, 5) is 10.5. The van der Waals surface area contributed by atoms with Crippen LogP contribution in [0.2, 0.25) is 0 Å². The monoisotopic (exact) mass is 318 g/mol. The molecule has 128 valence electrons. The van der Waals surface area contributed by atoms with E-state index in [9.17, 15) is 4.79 Å². The van der Waals surface area contributed by atoms with Crippen molar-refractivity contribution in [3.05, 3.63) is 48.0 Å². The summed E-state index contributed by atoms with van der Waals surface area (Å²) in [5, 5.41) is 8.60. The molecule has 0 atom stereocenters. The number of rotatable bonds is 14. The molecule has 0 aromatic heterocycles. The van der Waals surface area contributed by atoms with E-state index in [1.807, 2.05) is 18.2 Å². The first-order valence-electron chi connectivity index (χ1n) is 8.91. The van der Waals surface area contributed by atoms with Crippen LogP contribution in [0.15, 0.2) is 48.0 Å². The van der Waals surface area contributed by atoms with Crippen LogP contribution in [0.1, 0.15) is 71.1 Å². The van der Waals surface area contributed by atoms with Crippen molar-refractivity contribution in [1.82, 2.24) is 0 Å². The Kier molecular flexibility index (Phi) is 10.7. The number of carboxylic acid groups (broad SMARTS) is 1. The van der Waals surface area contributed by atoms with E-state index >= 15 is 0 Å². The molecule has 0 fully saturated rings. The van der Waals surface area contributed by atoms with Crippen molar-refractivity contribution in [2.24, 2.45) is 0 Å². The third-order valence-electron chi connectivity index (χ3n) is 3.78. The van der Waals surface area contributed by atoms with Gasteiger partial charge in [-0.15, -0.1) is 0 Å². The van der Waals surface area contributed by atoms with Crippen molar-refractivity contribution in [2.45, 2.75) is 71.1 Å². The lowest BCUT2D eigenvalue weighted by Crippen LogP contribution is -1.88. The van der Waals surface area contributed by atoms with E-state index in [0.717, 1.165) is 6.42 Å². The Morgan fingerprint density at radius 3 is 2.13 bits per heavy atom. The summed E-state index contributed by atoms with van der Waals surface area (Å²) in [5.41, 5.74) is 0. The van der Waals surface area contributed by atoms with Gasteiger partial charge in [0.1, 0.15) is 0 Å². The van der Waals surface area contributed by atoms with Gasteiger partial charge in [0.05, 0.1) is 0 Å². The zero-order valence-electron chi connectivity index (χ0n) is 14.3. The van der Waals surface area contributed by atoms with Gasteiger partial charge < -0.3 is 9.84 Å². The fourth-order valence-corrected chi connectivity index (χ4v) is 2.36. The number of hydrogen-bond acceptors (Lipinski definition) is 2. The Hall–Kier alpha value is -1.77. The lowest BCUT2D eigenvalue weighted by Gasteiger charge is -2.00. The quantitative estimate of drug-likeness (QED) is 0.320. The zero-order chi connectivity index (χ0) is 16.8. The molecule has 0 saturated heterocycles. The Balaban J connectivity index is 1.90. The Morgan fingerprint density at radius 2 is 1.52 bits per heavy atom. The van der Waals surface area contributed by atoms with Crippen molar-refractivity contribution in [3.63, 3.8) is 0 Å². The molecule has 0 aromatic rings. The summed E-state index contributed by atoms with van der Waals surface area (Å²) in [5.74, 6) is -0.508. The van der Waals surface area contributed by atoms with Crippen LogP contribution < -0.4 is 0 Å². The summed E-state index contributed by atoms with van der Waals surface area (Å²) in [6, 6.07) is 0. The molecule has 0 amide bonds. The van der Waals surface area contributed by atoms with E-state index in [4.69, 9.17) is 9.84 Å². The van der Waals surface area contributed by atoms with Gasteiger partial charge in [-0.3, -0.25) is 0 Å². The number of ether oxygens (including phenoxy) is 1. The molecule has 0 unspecified atom stereocenters. The number of carbonyl (C=O) groups is 1. The number of hydrogen-bond donors (Lipinski definition) is 1. The van der Waals surface area contributed by atoms with Crippen molar-refractivity contribution in [3.8, 4) is 0 Å². The van der Waals surface area contributed by atoms with Gasteiger partial charge in [-0.05, 0) is 18.9 Å². The molecule has 3 heteroatoms. The molecule has 3 nitrogen and oxygen atoms in total. The molecule has 1 rings (SSSR count). The van der Waals surface area contributed by atoms with E-state index in [0.29, 0.717) is 5.76 Å². The summed E-state index contributed by atoms with van der Waals surface area (Å²) >= 11 is 0. The van der Waals surface area contributed by atoms with Crippen LogP contribution in [0.3, 0.4) is 0 Å². The minimum atomic E-state index is -1.01. The molecule has 23 heavy (non-hydrogen) atoms. The highest BCUT2D eigenvalue weighted by molar-refractivity contribution is 5.89. The average Bonchev–Trinajstić information content (AvgIpc) is 3.31. The van der Waals surface area contributed by atoms with Crippen molar-refractivity contribution in [2.75, 3.05) is 0 Å². The summed E-state index contributed by atoms with van der Waals surface area (Å²) in [6.07, 6.45) is 24.9. The normalized spacial score (nSPS) is 14.3. The standard InChI is InChI=1S/C20H30O3/c1-2-3-4-5-6-7-8-9-10-11-12-13-14-15-16-17-18-19(23-18)20(21)22/h12-17H,2-11H2,1H3,(H,21,22)/b13-12?,15-14?,17-16-. The fraction of sp³-hybridized carbons (Fsp3) is 0.550. The number of unbranched alkanes of at least 4 members (excludes halogenated alkanes) is 9. The van der Waals surface area contributed by atoms with Crippen LogP contribution >= 0.6 is 0 Å². The predicted octanol–water partition coefficient (Wildman–Crippen LogP) is 5.90. The second-order valence-electron chi connectivity index (χ2n) is 5.89. The maximum atomic E-state index is 10.5. The zero-order valence-corrected chi connectivity index (χ0v) is 14.3. The van der Waals surface area contributed by atoms with E-state index in [-0.39, 0.29) is 5.76 Å². The lowest BCUT2D eigenvalue weighted by atomic mass is 10.1. The van der Waals surface area contributed by atoms with Gasteiger partial charge in [0.15, 0.2) is 5.76 Å². The third-order valence-corrected chi connectivity index (χ3v) is 3.78. The van der Waals surface area contributed by atoms with Crippen molar-refractivity contribution >= 4 is 5.97 Å². The van der Waals surface area contributed by atoms with E-state index in [1.165, 1.54) is 57.8 Å². The summed E-state index contributed by atoms with van der Waals surface area (Å²) in [6.45, 7) is 2.26. The van der Waals surface area contributed by atoms with E-state index in [1.54, 1.807) is 12.2 Å². The minimum absolute atomic E-state index is 0.0514. The van der Waals surface area contributed by atoms with Crippen LogP contribution in [-0.4, -0.2) is 11.1 Å². The summed E-state index contributed by atoms with van der Waals surface area (Å²) in [7, 11) is 0. The molecule has 0 aromatic carbocycles. The molecular weight excluding hydrogens is 288 g/mol. The fourth-order valence-electron chi connectivity index (χ4n) is 2.36. The van der Waals surface area contributed by atoms with Gasteiger partial charge in [0, 0.05) is 0 Å². The average molecular weight is 318 g/mol. The maximum absolute atomic E-state index is 10.5. The van der Waals surface area contributed by atoms with Gasteiger partial charge in [-0.25, -0.2) is 4.79 Å². The predicted molar refractivity (Wildman–Crippen MR) is 95.0 cm³/mol. The Labute approximate surface area is 140 Å². The molecule has 1 aliphatic heterocycles. The van der Waals surface area contributed by atoms with Gasteiger partial charge in [-0.1, -0.05) is 88.7 Å². The Bertz CT molecular complexity index is 456. The van der Waals surface area contributed by atoms with E-state index in [2.05, 4.69) is 13.0 Å². The Morgan fingerprint density at radius 1 is 0.913 bits per heavy atom. The second kappa shape index (κ2) is 12.7. The topological polar surface area (TPSA) is 49.8 Å². The molecular formula is C20H30O3. The molecule has 1 aliphatic rings. The lowest BCUT2D eigenvalue weighted by molar-refractivity contribution is -0.133. The smallest absolute Gasteiger partial charge is 0.375 e. The number of aliphatic carboxylic acids is 1. The first kappa shape index (κ1) is 19.3. The third kappa shape index (κ3) is 10.6. The summed E-state index contributed by atoms with van der Waals surface area (Å²) < 4.78 is 4.79.